The first-order valence-corrected chi connectivity index (χ1v) is 6.38. The van der Waals surface area contributed by atoms with Gasteiger partial charge < -0.3 is 15.4 Å². The number of aromatic nitrogens is 1. The molecule has 0 aromatic carbocycles. The van der Waals surface area contributed by atoms with Crippen molar-refractivity contribution in [2.75, 3.05) is 12.0 Å². The minimum absolute atomic E-state index is 0.0802. The number of nitrogens with one attached hydrogen (secondary N) is 1. The first-order chi connectivity index (χ1) is 9.79. The first-order valence-electron chi connectivity index (χ1n) is 6.38. The highest BCUT2D eigenvalue weighted by atomic mass is 19.4. The van der Waals surface area contributed by atoms with E-state index in [1.54, 1.807) is 0 Å². The van der Waals surface area contributed by atoms with E-state index in [1.807, 2.05) is 0 Å². The molecule has 1 aromatic heterocycles. The van der Waals surface area contributed by atoms with Crippen LogP contribution in [0.2, 0.25) is 0 Å². The second-order valence-electron chi connectivity index (χ2n) is 5.15. The van der Waals surface area contributed by atoms with Crippen molar-refractivity contribution in [3.05, 3.63) is 28.2 Å². The monoisotopic (exact) mass is 303 g/mol. The fourth-order valence-electron chi connectivity index (χ4n) is 2.76. The maximum Gasteiger partial charge on any atom is 0.392 e. The third-order valence-electron chi connectivity index (χ3n) is 3.89. The van der Waals surface area contributed by atoms with E-state index in [4.69, 9.17) is 0 Å². The molecule has 0 saturated carbocycles. The van der Waals surface area contributed by atoms with Crippen molar-refractivity contribution in [2.24, 2.45) is 5.92 Å². The molecule has 0 radical (unpaired) electrons. The van der Waals surface area contributed by atoms with E-state index < -0.39 is 35.3 Å². The Morgan fingerprint density at radius 2 is 2.05 bits per heavy atom. The van der Waals surface area contributed by atoms with Crippen molar-refractivity contribution in [3.63, 3.8) is 0 Å². The number of aromatic hydroxyl groups is 1. The maximum absolute atomic E-state index is 12.8. The summed E-state index contributed by atoms with van der Waals surface area (Å²) in [6.07, 6.45) is -4.34. The van der Waals surface area contributed by atoms with E-state index in [2.05, 4.69) is 5.43 Å². The number of fused-ring (bicyclic) bond motifs is 2. The van der Waals surface area contributed by atoms with Crippen molar-refractivity contribution in [1.29, 1.82) is 0 Å². The van der Waals surface area contributed by atoms with Gasteiger partial charge in [-0.05, 0) is 12.8 Å². The zero-order valence-electron chi connectivity index (χ0n) is 10.7. The molecule has 2 atom stereocenters. The number of rotatable bonds is 0. The van der Waals surface area contributed by atoms with Crippen molar-refractivity contribution >= 4 is 5.91 Å². The molecule has 114 valence electrons. The number of amides is 1. The number of hydrogen-bond donors (Lipinski definition) is 2. The second-order valence-corrected chi connectivity index (χ2v) is 5.15. The average Bonchev–Trinajstić information content (AvgIpc) is 2.41. The molecule has 2 aliphatic rings. The largest absolute Gasteiger partial charge is 0.502 e. The van der Waals surface area contributed by atoms with Gasteiger partial charge in [-0.3, -0.25) is 14.3 Å². The SMILES string of the molecule is O=C1c2c(O)c(=O)ccn2N[C@@H]2C[C@H](C(F)(F)F)CCN12. The van der Waals surface area contributed by atoms with Gasteiger partial charge >= 0.3 is 6.18 Å². The maximum atomic E-state index is 12.8. The van der Waals surface area contributed by atoms with Gasteiger partial charge in [0.1, 0.15) is 6.17 Å². The van der Waals surface area contributed by atoms with E-state index >= 15 is 0 Å². The van der Waals surface area contributed by atoms with Crippen molar-refractivity contribution < 1.29 is 23.1 Å². The normalized spacial score (nSPS) is 25.1. The van der Waals surface area contributed by atoms with Crippen LogP contribution >= 0.6 is 0 Å². The van der Waals surface area contributed by atoms with Gasteiger partial charge in [0, 0.05) is 18.8 Å². The molecule has 21 heavy (non-hydrogen) atoms. The van der Waals surface area contributed by atoms with Crippen LogP contribution in [-0.2, 0) is 0 Å². The fraction of sp³-hybridized carbons (Fsp3) is 0.500. The third kappa shape index (κ3) is 2.12. The highest BCUT2D eigenvalue weighted by Gasteiger charge is 2.47. The van der Waals surface area contributed by atoms with Crippen LogP contribution in [0.25, 0.3) is 0 Å². The lowest BCUT2D eigenvalue weighted by Gasteiger charge is -2.44. The van der Waals surface area contributed by atoms with Gasteiger partial charge in [0.2, 0.25) is 5.43 Å². The Balaban J connectivity index is 1.96. The van der Waals surface area contributed by atoms with Crippen molar-refractivity contribution in [1.82, 2.24) is 9.58 Å². The Morgan fingerprint density at radius 3 is 2.71 bits per heavy atom. The van der Waals surface area contributed by atoms with Crippen molar-refractivity contribution in [2.45, 2.75) is 25.2 Å². The highest BCUT2D eigenvalue weighted by molar-refractivity contribution is 5.96. The number of nitrogens with zero attached hydrogens (tertiary/aromatic N) is 2. The van der Waals surface area contributed by atoms with E-state index in [0.717, 1.165) is 10.7 Å². The molecular weight excluding hydrogens is 291 g/mol. The van der Waals surface area contributed by atoms with E-state index in [1.165, 1.54) is 11.1 Å². The summed E-state index contributed by atoms with van der Waals surface area (Å²) in [5, 5.41) is 9.68. The molecular formula is C12H12F3N3O3. The minimum Gasteiger partial charge on any atom is -0.502 e. The van der Waals surface area contributed by atoms with Crippen LogP contribution in [-0.4, -0.2) is 39.5 Å². The molecule has 1 saturated heterocycles. The van der Waals surface area contributed by atoms with Crippen LogP contribution in [0.15, 0.2) is 17.1 Å². The molecule has 1 amide bonds. The number of pyridine rings is 1. The Labute approximate surface area is 116 Å². The van der Waals surface area contributed by atoms with Gasteiger partial charge in [0.05, 0.1) is 5.92 Å². The Hall–Kier alpha value is -2.19. The van der Waals surface area contributed by atoms with Gasteiger partial charge in [-0.2, -0.15) is 13.2 Å². The second kappa shape index (κ2) is 4.40. The number of halogens is 3. The molecule has 3 heterocycles. The molecule has 6 nitrogen and oxygen atoms in total. The Morgan fingerprint density at radius 1 is 1.33 bits per heavy atom. The molecule has 0 unspecified atom stereocenters. The molecule has 0 spiro atoms. The standard InChI is InChI=1S/C12H12F3N3O3/c13-12(14,15)6-1-3-17-8(5-6)16-18-4-2-7(19)10(20)9(18)11(17)21/h2,4,6,8,16,20H,1,3,5H2/t6-,8+/m1/s1. The molecule has 1 aromatic rings. The number of carbonyl (C=O) groups excluding carboxylic acids is 1. The zero-order chi connectivity index (χ0) is 15.4. The first kappa shape index (κ1) is 13.8. The van der Waals surface area contributed by atoms with Crippen molar-refractivity contribution in [3.8, 4) is 5.75 Å². The molecule has 2 N–H and O–H groups in total. The lowest BCUT2D eigenvalue weighted by molar-refractivity contribution is -0.187. The molecule has 1 fully saturated rings. The smallest absolute Gasteiger partial charge is 0.392 e. The van der Waals surface area contributed by atoms with Gasteiger partial charge in [-0.1, -0.05) is 0 Å². The number of carbonyl (C=O) groups is 1. The quantitative estimate of drug-likeness (QED) is 0.745. The highest BCUT2D eigenvalue weighted by Crippen LogP contribution is 2.37. The van der Waals surface area contributed by atoms with Crippen LogP contribution in [0.5, 0.6) is 5.75 Å². The van der Waals surface area contributed by atoms with Crippen LogP contribution in [0.4, 0.5) is 13.2 Å². The van der Waals surface area contributed by atoms with Gasteiger partial charge in [-0.25, -0.2) is 0 Å². The fourth-order valence-corrected chi connectivity index (χ4v) is 2.76. The zero-order valence-corrected chi connectivity index (χ0v) is 10.7. The van der Waals surface area contributed by atoms with E-state index in [-0.39, 0.29) is 25.1 Å². The van der Waals surface area contributed by atoms with Crippen LogP contribution in [0.1, 0.15) is 23.3 Å². The molecule has 0 bridgehead atoms. The van der Waals surface area contributed by atoms with Gasteiger partial charge in [0.25, 0.3) is 5.91 Å². The third-order valence-corrected chi connectivity index (χ3v) is 3.89. The molecule has 9 heteroatoms. The van der Waals surface area contributed by atoms with Crippen LogP contribution < -0.4 is 10.9 Å². The number of piperidine rings is 1. The van der Waals surface area contributed by atoms with E-state index in [0.29, 0.717) is 0 Å². The lowest BCUT2D eigenvalue weighted by atomic mass is 9.93. The Kier molecular flexibility index (Phi) is 2.89. The van der Waals surface area contributed by atoms with Crippen LogP contribution in [0.3, 0.4) is 0 Å². The summed E-state index contributed by atoms with van der Waals surface area (Å²) in [7, 11) is 0. The number of alkyl halides is 3. The summed E-state index contributed by atoms with van der Waals surface area (Å²) in [5.74, 6) is -2.82. The molecule has 2 aliphatic heterocycles. The Bertz CT molecular complexity index is 655. The predicted octanol–water partition coefficient (Wildman–Crippen LogP) is 0.852. The summed E-state index contributed by atoms with van der Waals surface area (Å²) in [5.41, 5.74) is 1.77. The summed E-state index contributed by atoms with van der Waals surface area (Å²) < 4.78 is 39.5. The van der Waals surface area contributed by atoms with Crippen LogP contribution in [0, 0.1) is 5.92 Å². The lowest BCUT2D eigenvalue weighted by Crippen LogP contribution is -2.58. The van der Waals surface area contributed by atoms with Gasteiger partial charge in [-0.15, -0.1) is 0 Å². The predicted molar refractivity (Wildman–Crippen MR) is 65.3 cm³/mol. The summed E-state index contributed by atoms with van der Waals surface area (Å²) >= 11 is 0. The van der Waals surface area contributed by atoms with E-state index in [9.17, 15) is 27.9 Å². The van der Waals surface area contributed by atoms with Gasteiger partial charge in [0.15, 0.2) is 11.4 Å². The molecule has 3 rings (SSSR count). The topological polar surface area (TPSA) is 74.6 Å². The summed E-state index contributed by atoms with van der Waals surface area (Å²) in [4.78, 5) is 24.9. The molecule has 0 aliphatic carbocycles. The minimum atomic E-state index is -4.30. The summed E-state index contributed by atoms with van der Waals surface area (Å²) in [6, 6.07) is 1.04. The number of hydrogen-bond acceptors (Lipinski definition) is 4. The average molecular weight is 303 g/mol. The summed E-state index contributed by atoms with van der Waals surface area (Å²) in [6.45, 7) is -0.0802.